The summed E-state index contributed by atoms with van der Waals surface area (Å²) in [4.78, 5) is 12.5. The molecule has 0 atom stereocenters. The molecule has 0 fully saturated rings. The molecule has 0 saturated carbocycles. The van der Waals surface area contributed by atoms with Gasteiger partial charge in [-0.1, -0.05) is 72.3 Å². The number of hydrogen-bond donors (Lipinski definition) is 0. The monoisotopic (exact) mass is 348 g/mol. The minimum atomic E-state index is -0.0985. The number of hydrogen-bond acceptors (Lipinski definition) is 2. The summed E-state index contributed by atoms with van der Waals surface area (Å²) >= 11 is 5.87. The molecular weight excluding hydrogens is 332 g/mol. The molecule has 25 heavy (non-hydrogen) atoms. The predicted molar refractivity (Wildman–Crippen MR) is 102 cm³/mol. The van der Waals surface area contributed by atoms with Crippen LogP contribution in [0.1, 0.15) is 21.5 Å². The van der Waals surface area contributed by atoms with Gasteiger partial charge in [-0.2, -0.15) is 0 Å². The first kappa shape index (κ1) is 17.0. The molecular formula is C22H17ClO2. The first-order chi connectivity index (χ1) is 12.2. The molecule has 0 unspecified atom stereocenters. The van der Waals surface area contributed by atoms with Crippen molar-refractivity contribution in [3.05, 3.63) is 107 Å². The zero-order valence-corrected chi connectivity index (χ0v) is 14.3. The van der Waals surface area contributed by atoms with Gasteiger partial charge in [-0.15, -0.1) is 0 Å². The molecule has 0 aliphatic carbocycles. The second-order valence-electron chi connectivity index (χ2n) is 5.52. The first-order valence-electron chi connectivity index (χ1n) is 7.96. The summed E-state index contributed by atoms with van der Waals surface area (Å²) in [5.41, 5.74) is 2.52. The number of para-hydroxylation sites is 1. The van der Waals surface area contributed by atoms with Crippen molar-refractivity contribution in [1.82, 2.24) is 0 Å². The Kier molecular flexibility index (Phi) is 5.65. The number of allylic oxidation sites excluding steroid dienone is 1. The highest BCUT2D eigenvalue weighted by Gasteiger charge is 2.09. The second kappa shape index (κ2) is 8.32. The van der Waals surface area contributed by atoms with E-state index in [0.717, 1.165) is 11.1 Å². The van der Waals surface area contributed by atoms with Gasteiger partial charge in [-0.25, -0.2) is 0 Å². The molecule has 0 N–H and O–H groups in total. The van der Waals surface area contributed by atoms with Crippen molar-refractivity contribution in [1.29, 1.82) is 0 Å². The van der Waals surface area contributed by atoms with Crippen LogP contribution in [0.5, 0.6) is 5.75 Å². The number of ketones is 1. The van der Waals surface area contributed by atoms with Crippen LogP contribution < -0.4 is 4.74 Å². The van der Waals surface area contributed by atoms with E-state index in [1.54, 1.807) is 30.4 Å². The molecule has 3 aromatic carbocycles. The highest BCUT2D eigenvalue weighted by atomic mass is 35.5. The predicted octanol–water partition coefficient (Wildman–Crippen LogP) is 5.82. The minimum absolute atomic E-state index is 0.0985. The van der Waals surface area contributed by atoms with Crippen LogP contribution >= 0.6 is 11.6 Å². The summed E-state index contributed by atoms with van der Waals surface area (Å²) in [7, 11) is 0. The van der Waals surface area contributed by atoms with E-state index in [-0.39, 0.29) is 5.78 Å². The summed E-state index contributed by atoms with van der Waals surface area (Å²) < 4.78 is 5.84. The second-order valence-corrected chi connectivity index (χ2v) is 5.96. The average molecular weight is 349 g/mol. The van der Waals surface area contributed by atoms with Gasteiger partial charge in [-0.05, 0) is 41.5 Å². The standard InChI is InChI=1S/C22H17ClO2/c23-19-13-10-17(11-14-19)12-15-21(24)20-8-4-5-9-22(20)25-16-18-6-2-1-3-7-18/h1-15H,16H2/b15-12-. The van der Waals surface area contributed by atoms with E-state index in [2.05, 4.69) is 0 Å². The van der Waals surface area contributed by atoms with Crippen LogP contribution in [0.25, 0.3) is 6.08 Å². The van der Waals surface area contributed by atoms with Crippen LogP contribution in [0, 0.1) is 0 Å². The molecule has 0 heterocycles. The molecule has 0 spiro atoms. The van der Waals surface area contributed by atoms with E-state index in [1.807, 2.05) is 60.7 Å². The molecule has 0 bridgehead atoms. The van der Waals surface area contributed by atoms with Crippen LogP contribution in [0.2, 0.25) is 5.02 Å². The molecule has 0 aliphatic heterocycles. The van der Waals surface area contributed by atoms with Gasteiger partial charge in [0.25, 0.3) is 0 Å². The zero-order chi connectivity index (χ0) is 17.5. The lowest BCUT2D eigenvalue weighted by Gasteiger charge is -2.09. The minimum Gasteiger partial charge on any atom is -0.488 e. The summed E-state index contributed by atoms with van der Waals surface area (Å²) in [6, 6.07) is 24.5. The molecule has 0 radical (unpaired) electrons. The highest BCUT2D eigenvalue weighted by molar-refractivity contribution is 6.30. The number of carbonyl (C=O) groups is 1. The van der Waals surface area contributed by atoms with E-state index in [0.29, 0.717) is 22.9 Å². The summed E-state index contributed by atoms with van der Waals surface area (Å²) in [5.74, 6) is 0.482. The van der Waals surface area contributed by atoms with Crippen molar-refractivity contribution in [2.24, 2.45) is 0 Å². The van der Waals surface area contributed by atoms with Gasteiger partial charge >= 0.3 is 0 Å². The number of carbonyl (C=O) groups excluding carboxylic acids is 1. The maximum absolute atomic E-state index is 12.5. The quantitative estimate of drug-likeness (QED) is 0.414. The maximum atomic E-state index is 12.5. The Morgan fingerprint density at radius 1 is 0.880 bits per heavy atom. The molecule has 0 aliphatic rings. The highest BCUT2D eigenvalue weighted by Crippen LogP contribution is 2.21. The van der Waals surface area contributed by atoms with Crippen LogP contribution in [0.3, 0.4) is 0 Å². The molecule has 0 saturated heterocycles. The Hall–Kier alpha value is -2.84. The SMILES string of the molecule is O=C(/C=C\c1ccc(Cl)cc1)c1ccccc1OCc1ccccc1. The smallest absolute Gasteiger partial charge is 0.189 e. The Labute approximate surface area is 152 Å². The molecule has 3 rings (SSSR count). The van der Waals surface area contributed by atoms with Gasteiger partial charge in [0, 0.05) is 5.02 Å². The van der Waals surface area contributed by atoms with Gasteiger partial charge in [0.05, 0.1) is 5.56 Å². The lowest BCUT2D eigenvalue weighted by atomic mass is 10.1. The zero-order valence-electron chi connectivity index (χ0n) is 13.6. The molecule has 2 nitrogen and oxygen atoms in total. The fourth-order valence-electron chi connectivity index (χ4n) is 2.37. The van der Waals surface area contributed by atoms with Crippen molar-refractivity contribution in [2.75, 3.05) is 0 Å². The fraction of sp³-hybridized carbons (Fsp3) is 0.0455. The van der Waals surface area contributed by atoms with Gasteiger partial charge in [-0.3, -0.25) is 4.79 Å². The Morgan fingerprint density at radius 2 is 1.56 bits per heavy atom. The molecule has 3 aromatic rings. The third-order valence-corrected chi connectivity index (χ3v) is 3.94. The van der Waals surface area contributed by atoms with E-state index >= 15 is 0 Å². The van der Waals surface area contributed by atoms with E-state index < -0.39 is 0 Å². The summed E-state index contributed by atoms with van der Waals surface area (Å²) in [6.07, 6.45) is 3.32. The third-order valence-electron chi connectivity index (χ3n) is 3.69. The Bertz CT molecular complexity index is 868. The fourth-order valence-corrected chi connectivity index (χ4v) is 2.49. The lowest BCUT2D eigenvalue weighted by Crippen LogP contribution is -2.02. The number of halogens is 1. The maximum Gasteiger partial charge on any atom is 0.189 e. The van der Waals surface area contributed by atoms with Crippen molar-refractivity contribution in [3.63, 3.8) is 0 Å². The van der Waals surface area contributed by atoms with Crippen molar-refractivity contribution >= 4 is 23.5 Å². The van der Waals surface area contributed by atoms with E-state index in [1.165, 1.54) is 0 Å². The van der Waals surface area contributed by atoms with Gasteiger partial charge in [0.15, 0.2) is 5.78 Å². The normalized spacial score (nSPS) is 10.8. The lowest BCUT2D eigenvalue weighted by molar-refractivity contribution is 0.104. The summed E-state index contributed by atoms with van der Waals surface area (Å²) in [5, 5.41) is 0.670. The van der Waals surface area contributed by atoms with Crippen LogP contribution in [-0.4, -0.2) is 5.78 Å². The Balaban J connectivity index is 1.73. The van der Waals surface area contributed by atoms with Crippen molar-refractivity contribution in [2.45, 2.75) is 6.61 Å². The van der Waals surface area contributed by atoms with Crippen molar-refractivity contribution < 1.29 is 9.53 Å². The number of rotatable bonds is 6. The Morgan fingerprint density at radius 3 is 2.32 bits per heavy atom. The van der Waals surface area contributed by atoms with Gasteiger partial charge < -0.3 is 4.74 Å². The first-order valence-corrected chi connectivity index (χ1v) is 8.34. The number of benzene rings is 3. The van der Waals surface area contributed by atoms with Crippen LogP contribution in [0.4, 0.5) is 0 Å². The molecule has 3 heteroatoms. The number of ether oxygens (including phenoxy) is 1. The van der Waals surface area contributed by atoms with E-state index in [9.17, 15) is 4.79 Å². The average Bonchev–Trinajstić information content (AvgIpc) is 2.67. The molecule has 0 aromatic heterocycles. The third kappa shape index (κ3) is 4.82. The van der Waals surface area contributed by atoms with Crippen molar-refractivity contribution in [3.8, 4) is 5.75 Å². The van der Waals surface area contributed by atoms with Crippen LogP contribution in [-0.2, 0) is 6.61 Å². The van der Waals surface area contributed by atoms with Gasteiger partial charge in [0.2, 0.25) is 0 Å². The van der Waals surface area contributed by atoms with E-state index in [4.69, 9.17) is 16.3 Å². The molecule has 0 amide bonds. The molecule has 124 valence electrons. The topological polar surface area (TPSA) is 26.3 Å². The summed E-state index contributed by atoms with van der Waals surface area (Å²) in [6.45, 7) is 0.423. The largest absolute Gasteiger partial charge is 0.488 e. The van der Waals surface area contributed by atoms with Crippen LogP contribution in [0.15, 0.2) is 84.9 Å². The van der Waals surface area contributed by atoms with Gasteiger partial charge in [0.1, 0.15) is 12.4 Å².